The SMILES string of the molecule is CC(C)CCC(O)c1nn(C)c2ccccc12. The molecule has 0 saturated heterocycles. The predicted molar refractivity (Wildman–Crippen MR) is 69.7 cm³/mol. The van der Waals surface area contributed by atoms with Crippen molar-refractivity contribution >= 4 is 10.9 Å². The molecule has 1 heterocycles. The Bertz CT molecular complexity index is 502. The molecule has 1 aromatic heterocycles. The van der Waals surface area contributed by atoms with Crippen molar-refractivity contribution in [2.45, 2.75) is 32.8 Å². The molecular weight excluding hydrogens is 212 g/mol. The number of aromatic nitrogens is 2. The number of aliphatic hydroxyl groups excluding tert-OH is 1. The number of hydrogen-bond acceptors (Lipinski definition) is 2. The number of fused-ring (bicyclic) bond motifs is 1. The first-order chi connectivity index (χ1) is 8.09. The van der Waals surface area contributed by atoms with Crippen LogP contribution in [0, 0.1) is 5.92 Å². The zero-order chi connectivity index (χ0) is 12.4. The minimum Gasteiger partial charge on any atom is -0.387 e. The molecule has 0 amide bonds. The number of aryl methyl sites for hydroxylation is 1. The fraction of sp³-hybridized carbons (Fsp3) is 0.500. The topological polar surface area (TPSA) is 38.1 Å². The lowest BCUT2D eigenvalue weighted by molar-refractivity contribution is 0.155. The van der Waals surface area contributed by atoms with Crippen LogP contribution in [0.5, 0.6) is 0 Å². The summed E-state index contributed by atoms with van der Waals surface area (Å²) in [6.45, 7) is 4.34. The van der Waals surface area contributed by atoms with Crippen LogP contribution in [0.25, 0.3) is 10.9 Å². The summed E-state index contributed by atoms with van der Waals surface area (Å²) in [7, 11) is 1.92. The van der Waals surface area contributed by atoms with Crippen molar-refractivity contribution in [3.63, 3.8) is 0 Å². The van der Waals surface area contributed by atoms with Gasteiger partial charge < -0.3 is 5.11 Å². The Hall–Kier alpha value is -1.35. The van der Waals surface area contributed by atoms with Gasteiger partial charge in [-0.05, 0) is 24.8 Å². The van der Waals surface area contributed by atoms with Crippen molar-refractivity contribution in [3.8, 4) is 0 Å². The molecule has 1 unspecified atom stereocenters. The average Bonchev–Trinajstić information content (AvgIpc) is 2.65. The van der Waals surface area contributed by atoms with Gasteiger partial charge in [-0.1, -0.05) is 32.0 Å². The van der Waals surface area contributed by atoms with Crippen LogP contribution in [0.1, 0.15) is 38.5 Å². The Kier molecular flexibility index (Phi) is 3.48. The molecule has 3 heteroatoms. The van der Waals surface area contributed by atoms with Gasteiger partial charge in [-0.15, -0.1) is 0 Å². The monoisotopic (exact) mass is 232 g/mol. The second-order valence-electron chi connectivity index (χ2n) is 5.01. The van der Waals surface area contributed by atoms with Crippen LogP contribution in [0.15, 0.2) is 24.3 Å². The van der Waals surface area contributed by atoms with Gasteiger partial charge in [0.05, 0.1) is 17.3 Å². The molecule has 0 aliphatic heterocycles. The van der Waals surface area contributed by atoms with Gasteiger partial charge in [-0.2, -0.15) is 5.10 Å². The van der Waals surface area contributed by atoms with E-state index in [1.54, 1.807) is 0 Å². The van der Waals surface area contributed by atoms with Gasteiger partial charge in [-0.25, -0.2) is 0 Å². The zero-order valence-electron chi connectivity index (χ0n) is 10.7. The largest absolute Gasteiger partial charge is 0.387 e. The van der Waals surface area contributed by atoms with E-state index in [2.05, 4.69) is 18.9 Å². The first-order valence-corrected chi connectivity index (χ1v) is 6.19. The van der Waals surface area contributed by atoms with Crippen molar-refractivity contribution in [2.24, 2.45) is 13.0 Å². The number of hydrogen-bond donors (Lipinski definition) is 1. The lowest BCUT2D eigenvalue weighted by Gasteiger charge is -2.10. The minimum absolute atomic E-state index is 0.455. The van der Waals surface area contributed by atoms with Crippen LogP contribution in [0.4, 0.5) is 0 Å². The van der Waals surface area contributed by atoms with Gasteiger partial charge in [0, 0.05) is 12.4 Å². The molecule has 0 aliphatic rings. The Balaban J connectivity index is 2.29. The highest BCUT2D eigenvalue weighted by molar-refractivity contribution is 5.82. The van der Waals surface area contributed by atoms with Crippen LogP contribution < -0.4 is 0 Å². The summed E-state index contributed by atoms with van der Waals surface area (Å²) in [5, 5.41) is 15.7. The molecule has 0 fully saturated rings. The van der Waals surface area contributed by atoms with E-state index in [4.69, 9.17) is 0 Å². The zero-order valence-corrected chi connectivity index (χ0v) is 10.7. The molecule has 0 bridgehead atoms. The van der Waals surface area contributed by atoms with Gasteiger partial charge in [-0.3, -0.25) is 4.68 Å². The minimum atomic E-state index is -0.455. The third kappa shape index (κ3) is 2.50. The van der Waals surface area contributed by atoms with Crippen LogP contribution in [0.3, 0.4) is 0 Å². The standard InChI is InChI=1S/C14H20N2O/c1-10(2)8-9-13(17)14-11-6-4-5-7-12(11)16(3)15-14/h4-7,10,13,17H,8-9H2,1-3H3. The first-order valence-electron chi connectivity index (χ1n) is 6.19. The molecule has 1 aromatic carbocycles. The lowest BCUT2D eigenvalue weighted by atomic mass is 10.0. The molecule has 1 N–H and O–H groups in total. The summed E-state index contributed by atoms with van der Waals surface area (Å²) >= 11 is 0. The van der Waals surface area contributed by atoms with Crippen LogP contribution in [-0.4, -0.2) is 14.9 Å². The maximum atomic E-state index is 10.2. The predicted octanol–water partition coefficient (Wildman–Crippen LogP) is 3.04. The molecule has 0 aliphatic carbocycles. The highest BCUT2D eigenvalue weighted by atomic mass is 16.3. The van der Waals surface area contributed by atoms with E-state index in [0.717, 1.165) is 29.4 Å². The van der Waals surface area contributed by atoms with Crippen LogP contribution in [0.2, 0.25) is 0 Å². The van der Waals surface area contributed by atoms with E-state index in [1.165, 1.54) is 0 Å². The fourth-order valence-electron chi connectivity index (χ4n) is 2.12. The summed E-state index contributed by atoms with van der Waals surface area (Å²) in [6.07, 6.45) is 1.34. The Labute approximate surface area is 102 Å². The molecule has 2 aromatic rings. The molecule has 2 rings (SSSR count). The molecule has 0 spiro atoms. The van der Waals surface area contributed by atoms with Crippen molar-refractivity contribution in [1.29, 1.82) is 0 Å². The molecule has 1 atom stereocenters. The molecule has 17 heavy (non-hydrogen) atoms. The van der Waals surface area contributed by atoms with Crippen molar-refractivity contribution in [2.75, 3.05) is 0 Å². The van der Waals surface area contributed by atoms with Gasteiger partial charge in [0.25, 0.3) is 0 Å². The summed E-state index contributed by atoms with van der Waals surface area (Å²) in [5.74, 6) is 0.611. The van der Waals surface area contributed by atoms with Crippen LogP contribution in [-0.2, 0) is 7.05 Å². The van der Waals surface area contributed by atoms with E-state index in [1.807, 2.05) is 36.0 Å². The molecular formula is C14H20N2O. The van der Waals surface area contributed by atoms with Gasteiger partial charge in [0.15, 0.2) is 0 Å². The number of para-hydroxylation sites is 1. The van der Waals surface area contributed by atoms with Gasteiger partial charge in [0.2, 0.25) is 0 Å². The van der Waals surface area contributed by atoms with E-state index in [0.29, 0.717) is 5.92 Å². The number of benzene rings is 1. The molecule has 0 saturated carbocycles. The summed E-state index contributed by atoms with van der Waals surface area (Å²) < 4.78 is 1.84. The van der Waals surface area contributed by atoms with Crippen molar-refractivity contribution < 1.29 is 5.11 Å². The van der Waals surface area contributed by atoms with Crippen LogP contribution >= 0.6 is 0 Å². The third-order valence-corrected chi connectivity index (χ3v) is 3.12. The van der Waals surface area contributed by atoms with E-state index < -0.39 is 6.10 Å². The normalized spacial score (nSPS) is 13.5. The Morgan fingerprint density at radius 3 is 2.65 bits per heavy atom. The van der Waals surface area contributed by atoms with Gasteiger partial charge in [0.1, 0.15) is 0 Å². The average molecular weight is 232 g/mol. The van der Waals surface area contributed by atoms with E-state index in [-0.39, 0.29) is 0 Å². The Morgan fingerprint density at radius 2 is 1.94 bits per heavy atom. The second-order valence-corrected chi connectivity index (χ2v) is 5.01. The second kappa shape index (κ2) is 4.88. The number of aliphatic hydroxyl groups is 1. The first kappa shape index (κ1) is 12.1. The highest BCUT2D eigenvalue weighted by Gasteiger charge is 2.16. The Morgan fingerprint density at radius 1 is 1.24 bits per heavy atom. The number of rotatable bonds is 4. The van der Waals surface area contributed by atoms with Gasteiger partial charge >= 0.3 is 0 Å². The van der Waals surface area contributed by atoms with E-state index >= 15 is 0 Å². The summed E-state index contributed by atoms with van der Waals surface area (Å²) in [4.78, 5) is 0. The summed E-state index contributed by atoms with van der Waals surface area (Å²) in [6, 6.07) is 8.04. The van der Waals surface area contributed by atoms with Crippen molar-refractivity contribution in [1.82, 2.24) is 9.78 Å². The fourth-order valence-corrected chi connectivity index (χ4v) is 2.12. The smallest absolute Gasteiger partial charge is 0.0988 e. The maximum Gasteiger partial charge on any atom is 0.0988 e. The quantitative estimate of drug-likeness (QED) is 0.879. The summed E-state index contributed by atoms with van der Waals surface area (Å²) in [5.41, 5.74) is 1.88. The van der Waals surface area contributed by atoms with Crippen molar-refractivity contribution in [3.05, 3.63) is 30.0 Å². The highest BCUT2D eigenvalue weighted by Crippen LogP contribution is 2.26. The third-order valence-electron chi connectivity index (χ3n) is 3.12. The number of nitrogens with zero attached hydrogens (tertiary/aromatic N) is 2. The molecule has 92 valence electrons. The maximum absolute atomic E-state index is 10.2. The van der Waals surface area contributed by atoms with E-state index in [9.17, 15) is 5.11 Å². The molecule has 3 nitrogen and oxygen atoms in total. The molecule has 0 radical (unpaired) electrons. The lowest BCUT2D eigenvalue weighted by Crippen LogP contribution is -2.02.